The Labute approximate surface area is 169 Å². The summed E-state index contributed by atoms with van der Waals surface area (Å²) in [5, 5.41) is 3.64. The van der Waals surface area contributed by atoms with Gasteiger partial charge < -0.3 is 21.7 Å². The minimum Gasteiger partial charge on any atom is -0.398 e. The number of hydrogen-bond donors (Lipinski definition) is 3. The first-order valence-corrected chi connectivity index (χ1v) is 9.92. The van der Waals surface area contributed by atoms with Gasteiger partial charge in [-0.15, -0.1) is 0 Å². The van der Waals surface area contributed by atoms with Crippen LogP contribution in [0.4, 0.5) is 5.69 Å². The third-order valence-electron chi connectivity index (χ3n) is 5.99. The van der Waals surface area contributed by atoms with Crippen molar-refractivity contribution in [2.24, 2.45) is 16.6 Å². The van der Waals surface area contributed by atoms with E-state index in [2.05, 4.69) is 15.2 Å². The minimum atomic E-state index is -0.0812. The SMILES string of the molecule is NC1=NC=CN2C1=C(c1ccc(C(=O)c3ccccc3)c(N)c1)NC2C1CCC1. The summed E-state index contributed by atoms with van der Waals surface area (Å²) in [4.78, 5) is 19.3. The quantitative estimate of drug-likeness (QED) is 0.555. The van der Waals surface area contributed by atoms with Gasteiger partial charge in [0.2, 0.25) is 0 Å². The van der Waals surface area contributed by atoms with Crippen molar-refractivity contribution in [1.82, 2.24) is 10.2 Å². The number of anilines is 1. The third kappa shape index (κ3) is 2.88. The average Bonchev–Trinajstić information content (AvgIpc) is 3.07. The maximum atomic E-state index is 12.8. The second-order valence-corrected chi connectivity index (χ2v) is 7.72. The summed E-state index contributed by atoms with van der Waals surface area (Å²) in [6.45, 7) is 0. The highest BCUT2D eigenvalue weighted by Crippen LogP contribution is 2.40. The van der Waals surface area contributed by atoms with Crippen LogP contribution in [-0.4, -0.2) is 22.7 Å². The number of amidine groups is 1. The van der Waals surface area contributed by atoms with Gasteiger partial charge in [-0.05, 0) is 30.9 Å². The van der Waals surface area contributed by atoms with Crippen LogP contribution < -0.4 is 16.8 Å². The molecule has 0 aromatic heterocycles. The molecule has 5 N–H and O–H groups in total. The van der Waals surface area contributed by atoms with Gasteiger partial charge in [-0.1, -0.05) is 42.8 Å². The number of aliphatic imine (C=N–C) groups is 1. The summed E-state index contributed by atoms with van der Waals surface area (Å²) < 4.78 is 0. The van der Waals surface area contributed by atoms with Crippen LogP contribution in [0, 0.1) is 5.92 Å². The number of hydrogen-bond acceptors (Lipinski definition) is 6. The molecule has 1 fully saturated rings. The van der Waals surface area contributed by atoms with Crippen molar-refractivity contribution >= 4 is 23.0 Å². The van der Waals surface area contributed by atoms with Crippen LogP contribution in [-0.2, 0) is 0 Å². The lowest BCUT2D eigenvalue weighted by Crippen LogP contribution is -2.45. The Bertz CT molecular complexity index is 1070. The van der Waals surface area contributed by atoms with Crippen molar-refractivity contribution in [2.75, 3.05) is 5.73 Å². The molecule has 0 saturated heterocycles. The predicted molar refractivity (Wildman–Crippen MR) is 115 cm³/mol. The first kappa shape index (κ1) is 17.6. The molecule has 6 heteroatoms. The van der Waals surface area contributed by atoms with Crippen molar-refractivity contribution < 1.29 is 4.79 Å². The molecule has 5 rings (SSSR count). The molecule has 3 aliphatic rings. The fourth-order valence-corrected chi connectivity index (χ4v) is 4.22. The number of carbonyl (C=O) groups excluding carboxylic acids is 1. The molecular weight excluding hydrogens is 362 g/mol. The molecule has 2 aromatic rings. The summed E-state index contributed by atoms with van der Waals surface area (Å²) in [6, 6.07) is 14.7. The third-order valence-corrected chi connectivity index (χ3v) is 5.99. The van der Waals surface area contributed by atoms with E-state index in [4.69, 9.17) is 11.5 Å². The van der Waals surface area contributed by atoms with E-state index < -0.39 is 0 Å². The fourth-order valence-electron chi connectivity index (χ4n) is 4.22. The number of nitrogen functional groups attached to an aromatic ring is 1. The zero-order chi connectivity index (χ0) is 20.0. The number of nitrogens with two attached hydrogens (primary N) is 2. The van der Waals surface area contributed by atoms with Gasteiger partial charge in [0, 0.05) is 34.8 Å². The van der Waals surface area contributed by atoms with E-state index in [1.54, 1.807) is 24.4 Å². The highest BCUT2D eigenvalue weighted by molar-refractivity contribution is 6.12. The molecule has 0 spiro atoms. The van der Waals surface area contributed by atoms with Gasteiger partial charge in [-0.25, -0.2) is 4.99 Å². The molecule has 1 saturated carbocycles. The highest BCUT2D eigenvalue weighted by Gasteiger charge is 2.40. The Morgan fingerprint density at radius 2 is 1.90 bits per heavy atom. The second-order valence-electron chi connectivity index (χ2n) is 7.72. The van der Waals surface area contributed by atoms with Crippen LogP contribution in [0.25, 0.3) is 5.70 Å². The molecular formula is C23H23N5O. The van der Waals surface area contributed by atoms with Crippen molar-refractivity contribution in [3.05, 3.63) is 83.3 Å². The summed E-state index contributed by atoms with van der Waals surface area (Å²) in [5.74, 6) is 0.983. The van der Waals surface area contributed by atoms with Crippen LogP contribution in [0.1, 0.15) is 40.7 Å². The number of nitrogens with zero attached hydrogens (tertiary/aromatic N) is 2. The summed E-state index contributed by atoms with van der Waals surface area (Å²) in [6.07, 6.45) is 7.55. The molecule has 29 heavy (non-hydrogen) atoms. The van der Waals surface area contributed by atoms with Crippen molar-refractivity contribution in [1.29, 1.82) is 0 Å². The number of benzene rings is 2. The van der Waals surface area contributed by atoms with Gasteiger partial charge in [-0.2, -0.15) is 0 Å². The zero-order valence-electron chi connectivity index (χ0n) is 16.0. The lowest BCUT2D eigenvalue weighted by atomic mass is 9.82. The molecule has 2 heterocycles. The highest BCUT2D eigenvalue weighted by atomic mass is 16.1. The molecule has 1 aliphatic carbocycles. The Hall–Kier alpha value is -3.54. The summed E-state index contributed by atoms with van der Waals surface area (Å²) in [5.41, 5.74) is 16.8. The molecule has 6 nitrogen and oxygen atoms in total. The normalized spacial score (nSPS) is 20.8. The minimum absolute atomic E-state index is 0.0812. The van der Waals surface area contributed by atoms with Gasteiger partial charge in [0.25, 0.3) is 0 Å². The maximum Gasteiger partial charge on any atom is 0.195 e. The van der Waals surface area contributed by atoms with E-state index in [1.165, 1.54) is 19.3 Å². The second kappa shape index (κ2) is 6.81. The molecule has 0 radical (unpaired) electrons. The Balaban J connectivity index is 1.51. The van der Waals surface area contributed by atoms with Gasteiger partial charge in [0.1, 0.15) is 17.7 Å². The van der Waals surface area contributed by atoms with E-state index in [1.807, 2.05) is 36.5 Å². The average molecular weight is 385 g/mol. The van der Waals surface area contributed by atoms with Crippen LogP contribution in [0.2, 0.25) is 0 Å². The molecule has 146 valence electrons. The molecule has 0 amide bonds. The Morgan fingerprint density at radius 1 is 1.10 bits per heavy atom. The van der Waals surface area contributed by atoms with E-state index in [0.29, 0.717) is 28.6 Å². The van der Waals surface area contributed by atoms with Crippen LogP contribution >= 0.6 is 0 Å². The van der Waals surface area contributed by atoms with Crippen molar-refractivity contribution in [3.8, 4) is 0 Å². The predicted octanol–water partition coefficient (Wildman–Crippen LogP) is 3.04. The van der Waals surface area contributed by atoms with E-state index in [9.17, 15) is 4.79 Å². The largest absolute Gasteiger partial charge is 0.398 e. The molecule has 0 bridgehead atoms. The smallest absolute Gasteiger partial charge is 0.195 e. The first-order valence-electron chi connectivity index (χ1n) is 9.92. The Morgan fingerprint density at radius 3 is 2.59 bits per heavy atom. The number of fused-ring (bicyclic) bond motifs is 1. The maximum absolute atomic E-state index is 12.8. The number of ketones is 1. The van der Waals surface area contributed by atoms with Crippen LogP contribution in [0.5, 0.6) is 0 Å². The van der Waals surface area contributed by atoms with Gasteiger partial charge >= 0.3 is 0 Å². The van der Waals surface area contributed by atoms with E-state index in [0.717, 1.165) is 17.0 Å². The van der Waals surface area contributed by atoms with Gasteiger partial charge in [0.05, 0.1) is 5.70 Å². The lowest BCUT2D eigenvalue weighted by molar-refractivity contribution is 0.103. The van der Waals surface area contributed by atoms with Crippen molar-refractivity contribution in [3.63, 3.8) is 0 Å². The van der Waals surface area contributed by atoms with Crippen molar-refractivity contribution in [2.45, 2.75) is 25.4 Å². The standard InChI is InChI=1S/C23H23N5O/c24-18-13-16(9-10-17(18)21(29)14-5-2-1-3-6-14)19-20-22(25)26-11-12-28(20)23(27-19)15-7-4-8-15/h1-3,5-6,9-13,15,23,27H,4,7-8,24H2,(H2,25,26). The van der Waals surface area contributed by atoms with Gasteiger partial charge in [-0.3, -0.25) is 4.79 Å². The number of nitrogens with one attached hydrogen (secondary N) is 1. The lowest BCUT2D eigenvalue weighted by Gasteiger charge is -2.37. The first-order chi connectivity index (χ1) is 14.1. The molecule has 2 aliphatic heterocycles. The number of carbonyl (C=O) groups is 1. The van der Waals surface area contributed by atoms with Crippen LogP contribution in [0.15, 0.2) is 71.6 Å². The van der Waals surface area contributed by atoms with E-state index >= 15 is 0 Å². The molecule has 1 unspecified atom stereocenters. The topological polar surface area (TPSA) is 96.7 Å². The zero-order valence-corrected chi connectivity index (χ0v) is 16.0. The Kier molecular flexibility index (Phi) is 4.12. The summed E-state index contributed by atoms with van der Waals surface area (Å²) >= 11 is 0. The van der Waals surface area contributed by atoms with E-state index in [-0.39, 0.29) is 11.9 Å². The monoisotopic (exact) mass is 385 g/mol. The van der Waals surface area contributed by atoms with Gasteiger partial charge in [0.15, 0.2) is 5.78 Å². The summed E-state index contributed by atoms with van der Waals surface area (Å²) in [7, 11) is 0. The fraction of sp³-hybridized carbons (Fsp3) is 0.217. The molecule has 1 atom stereocenters. The number of rotatable bonds is 4. The van der Waals surface area contributed by atoms with Crippen LogP contribution in [0.3, 0.4) is 0 Å². The molecule has 2 aromatic carbocycles.